The highest BCUT2D eigenvalue weighted by Gasteiger charge is 2.24. The summed E-state index contributed by atoms with van der Waals surface area (Å²) in [6.45, 7) is 0. The largest absolute Gasteiger partial charge is 0.391 e. The van der Waals surface area contributed by atoms with Crippen molar-refractivity contribution in [3.63, 3.8) is 0 Å². The smallest absolute Gasteiger partial charge is 0.251 e. The van der Waals surface area contributed by atoms with E-state index in [2.05, 4.69) is 28.5 Å². The summed E-state index contributed by atoms with van der Waals surface area (Å²) in [6.07, 6.45) is 5.22. The first-order valence-electron chi connectivity index (χ1n) is 8.88. The van der Waals surface area contributed by atoms with Gasteiger partial charge in [-0.1, -0.05) is 37.1 Å². The Kier molecular flexibility index (Phi) is 4.28. The highest BCUT2D eigenvalue weighted by molar-refractivity contribution is 5.97. The minimum Gasteiger partial charge on any atom is -0.391 e. The number of aromatic amines is 1. The van der Waals surface area contributed by atoms with Crippen molar-refractivity contribution in [1.29, 1.82) is 0 Å². The molecule has 0 spiro atoms. The molecule has 1 aromatic heterocycles. The molecule has 0 saturated heterocycles. The van der Waals surface area contributed by atoms with Crippen molar-refractivity contribution >= 4 is 16.8 Å². The van der Waals surface area contributed by atoms with Gasteiger partial charge in [0, 0.05) is 22.7 Å². The maximum atomic E-state index is 12.5. The molecule has 0 radical (unpaired) electrons. The number of amides is 1. The first-order valence-corrected chi connectivity index (χ1v) is 8.88. The van der Waals surface area contributed by atoms with Crippen LogP contribution in [0.3, 0.4) is 0 Å². The first-order chi connectivity index (χ1) is 12.2. The summed E-state index contributed by atoms with van der Waals surface area (Å²) in [7, 11) is 0. The molecule has 25 heavy (non-hydrogen) atoms. The van der Waals surface area contributed by atoms with E-state index in [0.29, 0.717) is 5.56 Å². The number of aliphatic hydroxyl groups is 1. The van der Waals surface area contributed by atoms with E-state index in [0.717, 1.165) is 42.3 Å². The van der Waals surface area contributed by atoms with E-state index in [-0.39, 0.29) is 11.9 Å². The van der Waals surface area contributed by atoms with Crippen LogP contribution in [0.2, 0.25) is 0 Å². The van der Waals surface area contributed by atoms with Crippen molar-refractivity contribution in [3.8, 4) is 11.1 Å². The monoisotopic (exact) mass is 334 g/mol. The van der Waals surface area contributed by atoms with Crippen LogP contribution < -0.4 is 5.32 Å². The molecule has 1 aliphatic carbocycles. The number of hydrogen-bond donors (Lipinski definition) is 3. The third kappa shape index (κ3) is 3.17. The fourth-order valence-corrected chi connectivity index (χ4v) is 3.67. The fraction of sp³-hybridized carbons (Fsp3) is 0.286. The highest BCUT2D eigenvalue weighted by atomic mass is 16.3. The van der Waals surface area contributed by atoms with Gasteiger partial charge in [-0.05, 0) is 48.2 Å². The van der Waals surface area contributed by atoms with Crippen LogP contribution in [-0.4, -0.2) is 28.1 Å². The summed E-state index contributed by atoms with van der Waals surface area (Å²) in [6, 6.07) is 15.8. The van der Waals surface area contributed by atoms with Crippen LogP contribution in [-0.2, 0) is 0 Å². The van der Waals surface area contributed by atoms with Crippen LogP contribution in [0, 0.1) is 0 Å². The standard InChI is InChI=1S/C21H22N2O2/c24-20-7-2-1-5-19(20)23-21(25)15-10-8-14(9-11-15)16-4-3-6-18-17(16)12-13-22-18/h3-4,6,8-13,19-20,22,24H,1-2,5,7H2,(H,23,25)/t19-,20-/m0/s1. The number of rotatable bonds is 3. The van der Waals surface area contributed by atoms with E-state index < -0.39 is 6.10 Å². The summed E-state index contributed by atoms with van der Waals surface area (Å²) in [5.74, 6) is -0.114. The van der Waals surface area contributed by atoms with Crippen LogP contribution in [0.4, 0.5) is 0 Å². The minimum absolute atomic E-state index is 0.114. The normalized spacial score (nSPS) is 20.5. The zero-order valence-corrected chi connectivity index (χ0v) is 14.0. The predicted molar refractivity (Wildman–Crippen MR) is 99.5 cm³/mol. The van der Waals surface area contributed by atoms with Gasteiger partial charge in [-0.3, -0.25) is 4.79 Å². The lowest BCUT2D eigenvalue weighted by molar-refractivity contribution is 0.0717. The molecule has 0 unspecified atom stereocenters. The quantitative estimate of drug-likeness (QED) is 0.681. The molecule has 0 bridgehead atoms. The second kappa shape index (κ2) is 6.73. The van der Waals surface area contributed by atoms with Crippen molar-refractivity contribution in [2.24, 2.45) is 0 Å². The Hall–Kier alpha value is -2.59. The lowest BCUT2D eigenvalue weighted by atomic mass is 9.92. The molecule has 3 aromatic rings. The molecule has 4 nitrogen and oxygen atoms in total. The minimum atomic E-state index is -0.428. The molecule has 3 N–H and O–H groups in total. The maximum Gasteiger partial charge on any atom is 0.251 e. The van der Waals surface area contributed by atoms with Crippen LogP contribution in [0.5, 0.6) is 0 Å². The average Bonchev–Trinajstić information content (AvgIpc) is 3.12. The Morgan fingerprint density at radius 1 is 1.04 bits per heavy atom. The zero-order valence-electron chi connectivity index (χ0n) is 14.0. The lowest BCUT2D eigenvalue weighted by Gasteiger charge is -2.28. The molecular weight excluding hydrogens is 312 g/mol. The second-order valence-electron chi connectivity index (χ2n) is 6.75. The van der Waals surface area contributed by atoms with Gasteiger partial charge in [0.2, 0.25) is 0 Å². The highest BCUT2D eigenvalue weighted by Crippen LogP contribution is 2.28. The summed E-state index contributed by atoms with van der Waals surface area (Å²) < 4.78 is 0. The first kappa shape index (κ1) is 15.9. The second-order valence-corrected chi connectivity index (χ2v) is 6.75. The van der Waals surface area contributed by atoms with Gasteiger partial charge in [-0.15, -0.1) is 0 Å². The molecule has 2 aromatic carbocycles. The van der Waals surface area contributed by atoms with Gasteiger partial charge in [0.15, 0.2) is 0 Å². The number of benzene rings is 2. The lowest BCUT2D eigenvalue weighted by Crippen LogP contribution is -2.45. The summed E-state index contributed by atoms with van der Waals surface area (Å²) in [5.41, 5.74) is 3.96. The number of nitrogens with one attached hydrogen (secondary N) is 2. The van der Waals surface area contributed by atoms with Crippen LogP contribution in [0.1, 0.15) is 36.0 Å². The van der Waals surface area contributed by atoms with Gasteiger partial charge in [-0.25, -0.2) is 0 Å². The molecule has 1 aliphatic rings. The fourth-order valence-electron chi connectivity index (χ4n) is 3.67. The van der Waals surface area contributed by atoms with Crippen molar-refractivity contribution in [2.45, 2.75) is 37.8 Å². The predicted octanol–water partition coefficient (Wildman–Crippen LogP) is 3.87. The van der Waals surface area contributed by atoms with E-state index in [4.69, 9.17) is 0 Å². The number of H-pyrrole nitrogens is 1. The molecule has 1 fully saturated rings. The zero-order chi connectivity index (χ0) is 17.2. The van der Waals surface area contributed by atoms with Gasteiger partial charge < -0.3 is 15.4 Å². The average molecular weight is 334 g/mol. The molecular formula is C21H22N2O2. The summed E-state index contributed by atoms with van der Waals surface area (Å²) in [5, 5.41) is 14.2. The number of carbonyl (C=O) groups excluding carboxylic acids is 1. The van der Waals surface area contributed by atoms with Gasteiger partial charge in [0.05, 0.1) is 12.1 Å². The molecule has 4 heteroatoms. The van der Waals surface area contributed by atoms with Crippen molar-refractivity contribution in [3.05, 3.63) is 60.3 Å². The third-order valence-electron chi connectivity index (χ3n) is 5.10. The van der Waals surface area contributed by atoms with Crippen molar-refractivity contribution < 1.29 is 9.90 Å². The van der Waals surface area contributed by atoms with Crippen molar-refractivity contribution in [2.75, 3.05) is 0 Å². The Balaban J connectivity index is 1.53. The van der Waals surface area contributed by atoms with E-state index in [1.807, 2.05) is 36.5 Å². The number of aromatic nitrogens is 1. The molecule has 1 heterocycles. The Labute approximate surface area is 146 Å². The molecule has 1 saturated carbocycles. The van der Waals surface area contributed by atoms with Gasteiger partial charge in [0.1, 0.15) is 0 Å². The Morgan fingerprint density at radius 2 is 1.84 bits per heavy atom. The van der Waals surface area contributed by atoms with E-state index in [1.54, 1.807) is 0 Å². The Bertz CT molecular complexity index is 882. The van der Waals surface area contributed by atoms with Crippen LogP contribution in [0.15, 0.2) is 54.7 Å². The number of fused-ring (bicyclic) bond motifs is 1. The van der Waals surface area contributed by atoms with Gasteiger partial charge >= 0.3 is 0 Å². The van der Waals surface area contributed by atoms with Gasteiger partial charge in [0.25, 0.3) is 5.91 Å². The van der Waals surface area contributed by atoms with E-state index in [9.17, 15) is 9.90 Å². The van der Waals surface area contributed by atoms with E-state index in [1.165, 1.54) is 5.39 Å². The number of aliphatic hydroxyl groups excluding tert-OH is 1. The molecule has 4 rings (SSSR count). The molecule has 0 aliphatic heterocycles. The molecule has 128 valence electrons. The number of carbonyl (C=O) groups is 1. The Morgan fingerprint density at radius 3 is 2.64 bits per heavy atom. The van der Waals surface area contributed by atoms with Crippen LogP contribution >= 0.6 is 0 Å². The maximum absolute atomic E-state index is 12.5. The third-order valence-corrected chi connectivity index (χ3v) is 5.10. The molecule has 2 atom stereocenters. The van der Waals surface area contributed by atoms with Crippen LogP contribution in [0.25, 0.3) is 22.0 Å². The van der Waals surface area contributed by atoms with E-state index >= 15 is 0 Å². The summed E-state index contributed by atoms with van der Waals surface area (Å²) in [4.78, 5) is 15.7. The number of hydrogen-bond acceptors (Lipinski definition) is 2. The summed E-state index contributed by atoms with van der Waals surface area (Å²) >= 11 is 0. The topological polar surface area (TPSA) is 65.1 Å². The van der Waals surface area contributed by atoms with Crippen molar-refractivity contribution in [1.82, 2.24) is 10.3 Å². The van der Waals surface area contributed by atoms with Gasteiger partial charge in [-0.2, -0.15) is 0 Å². The molecule has 1 amide bonds. The SMILES string of the molecule is O=C(N[C@H]1CCCC[C@@H]1O)c1ccc(-c2cccc3[nH]ccc23)cc1.